The summed E-state index contributed by atoms with van der Waals surface area (Å²) in [6, 6.07) is 8.35. The summed E-state index contributed by atoms with van der Waals surface area (Å²) in [7, 11) is 0. The van der Waals surface area contributed by atoms with Crippen LogP contribution in [0.1, 0.15) is 52.0 Å². The molecule has 0 aliphatic rings. The molecule has 2 heteroatoms. The third-order valence-electron chi connectivity index (χ3n) is 3.42. The predicted octanol–water partition coefficient (Wildman–Crippen LogP) is 4.39. The van der Waals surface area contributed by atoms with Crippen molar-refractivity contribution in [2.45, 2.75) is 46.1 Å². The van der Waals surface area contributed by atoms with E-state index in [4.69, 9.17) is 10.2 Å². The molecular weight excluding hydrogens is 222 g/mol. The molecule has 0 aliphatic heterocycles. The van der Waals surface area contributed by atoms with Crippen molar-refractivity contribution in [1.82, 2.24) is 0 Å². The van der Waals surface area contributed by atoms with Crippen LogP contribution in [-0.4, -0.2) is 0 Å². The van der Waals surface area contributed by atoms with E-state index in [9.17, 15) is 0 Å². The van der Waals surface area contributed by atoms with Crippen LogP contribution in [0, 0.1) is 5.92 Å². The molecule has 2 N–H and O–H groups in total. The molecular formula is C16H23NO. The highest BCUT2D eigenvalue weighted by molar-refractivity contribution is 5.82. The van der Waals surface area contributed by atoms with Crippen LogP contribution in [0.3, 0.4) is 0 Å². The first-order valence-electron chi connectivity index (χ1n) is 6.59. The van der Waals surface area contributed by atoms with Crippen LogP contribution in [0.5, 0.6) is 0 Å². The molecule has 0 saturated carbocycles. The van der Waals surface area contributed by atoms with Gasteiger partial charge in [-0.25, -0.2) is 0 Å². The first-order chi connectivity index (χ1) is 8.30. The van der Waals surface area contributed by atoms with E-state index in [1.165, 1.54) is 5.56 Å². The van der Waals surface area contributed by atoms with Crippen molar-refractivity contribution in [3.63, 3.8) is 0 Å². The van der Waals surface area contributed by atoms with Crippen LogP contribution >= 0.6 is 0 Å². The maximum atomic E-state index is 6.17. The SMILES string of the molecule is CC(C)C(N)c1cc2cccc(C(C)(C)C)c2o1. The standard InChI is InChI=1S/C16H23NO/c1-10(2)14(17)13-9-11-7-6-8-12(15(11)18-13)16(3,4)5/h6-10,14H,17H2,1-5H3. The van der Waals surface area contributed by atoms with Gasteiger partial charge >= 0.3 is 0 Å². The molecule has 98 valence electrons. The number of nitrogens with two attached hydrogens (primary N) is 1. The highest BCUT2D eigenvalue weighted by atomic mass is 16.3. The van der Waals surface area contributed by atoms with E-state index in [0.717, 1.165) is 16.7 Å². The molecule has 0 radical (unpaired) electrons. The van der Waals surface area contributed by atoms with E-state index in [2.05, 4.69) is 58.9 Å². The van der Waals surface area contributed by atoms with Crippen molar-refractivity contribution >= 4 is 11.0 Å². The minimum atomic E-state index is -0.0368. The summed E-state index contributed by atoms with van der Waals surface area (Å²) in [5, 5.41) is 1.15. The zero-order valence-corrected chi connectivity index (χ0v) is 11.9. The second-order valence-corrected chi connectivity index (χ2v) is 6.39. The molecule has 18 heavy (non-hydrogen) atoms. The highest BCUT2D eigenvalue weighted by Crippen LogP contribution is 2.34. The molecule has 0 aliphatic carbocycles. The van der Waals surface area contributed by atoms with Gasteiger partial charge in [-0.2, -0.15) is 0 Å². The van der Waals surface area contributed by atoms with Crippen molar-refractivity contribution in [2.75, 3.05) is 0 Å². The molecule has 1 aromatic heterocycles. The Labute approximate surface area is 109 Å². The first-order valence-corrected chi connectivity index (χ1v) is 6.59. The lowest BCUT2D eigenvalue weighted by Crippen LogP contribution is -2.15. The fraction of sp³-hybridized carbons (Fsp3) is 0.500. The number of benzene rings is 1. The maximum absolute atomic E-state index is 6.17. The number of hydrogen-bond donors (Lipinski definition) is 1. The Hall–Kier alpha value is -1.28. The van der Waals surface area contributed by atoms with E-state index in [1.807, 2.05) is 0 Å². The van der Waals surface area contributed by atoms with Gasteiger partial charge in [-0.3, -0.25) is 0 Å². The molecule has 0 spiro atoms. The van der Waals surface area contributed by atoms with Gasteiger partial charge in [0.2, 0.25) is 0 Å². The molecule has 2 nitrogen and oxygen atoms in total. The Balaban J connectivity index is 2.58. The Bertz CT molecular complexity index is 546. The zero-order chi connectivity index (χ0) is 13.5. The summed E-state index contributed by atoms with van der Waals surface area (Å²) < 4.78 is 6.02. The molecule has 0 bridgehead atoms. The minimum absolute atomic E-state index is 0.0368. The van der Waals surface area contributed by atoms with Gasteiger partial charge in [0.05, 0.1) is 6.04 Å². The molecule has 1 aromatic carbocycles. The van der Waals surface area contributed by atoms with E-state index >= 15 is 0 Å². The fourth-order valence-corrected chi connectivity index (χ4v) is 2.17. The lowest BCUT2D eigenvalue weighted by molar-refractivity contribution is 0.415. The van der Waals surface area contributed by atoms with Crippen molar-refractivity contribution in [3.05, 3.63) is 35.6 Å². The summed E-state index contributed by atoms with van der Waals surface area (Å²) >= 11 is 0. The number of para-hydroxylation sites is 1. The summed E-state index contributed by atoms with van der Waals surface area (Å²) in [5.41, 5.74) is 8.47. The van der Waals surface area contributed by atoms with Crippen LogP contribution in [0.4, 0.5) is 0 Å². The average molecular weight is 245 g/mol. The van der Waals surface area contributed by atoms with E-state index in [1.54, 1.807) is 0 Å². The average Bonchev–Trinajstić information content (AvgIpc) is 2.69. The van der Waals surface area contributed by atoms with Gasteiger partial charge in [0.15, 0.2) is 0 Å². The van der Waals surface area contributed by atoms with E-state index < -0.39 is 0 Å². The molecule has 1 atom stereocenters. The molecule has 0 saturated heterocycles. The van der Waals surface area contributed by atoms with E-state index in [0.29, 0.717) is 5.92 Å². The van der Waals surface area contributed by atoms with Gasteiger partial charge in [-0.1, -0.05) is 52.8 Å². The summed E-state index contributed by atoms with van der Waals surface area (Å²) in [6.07, 6.45) is 0. The topological polar surface area (TPSA) is 39.2 Å². The smallest absolute Gasteiger partial charge is 0.138 e. The van der Waals surface area contributed by atoms with Crippen molar-refractivity contribution in [1.29, 1.82) is 0 Å². The first kappa shape index (κ1) is 13.2. The second-order valence-electron chi connectivity index (χ2n) is 6.39. The van der Waals surface area contributed by atoms with E-state index in [-0.39, 0.29) is 11.5 Å². The Morgan fingerprint density at radius 3 is 2.39 bits per heavy atom. The van der Waals surface area contributed by atoms with Crippen molar-refractivity contribution < 1.29 is 4.42 Å². The molecule has 1 heterocycles. The van der Waals surface area contributed by atoms with Crippen molar-refractivity contribution in [2.24, 2.45) is 11.7 Å². The van der Waals surface area contributed by atoms with Gasteiger partial charge < -0.3 is 10.2 Å². The molecule has 2 aromatic rings. The van der Waals surface area contributed by atoms with Crippen LogP contribution in [0.15, 0.2) is 28.7 Å². The van der Waals surface area contributed by atoms with Crippen molar-refractivity contribution in [3.8, 4) is 0 Å². The Kier molecular flexibility index (Phi) is 3.24. The predicted molar refractivity (Wildman–Crippen MR) is 76.7 cm³/mol. The lowest BCUT2D eigenvalue weighted by Gasteiger charge is -2.19. The fourth-order valence-electron chi connectivity index (χ4n) is 2.17. The highest BCUT2D eigenvalue weighted by Gasteiger charge is 2.21. The lowest BCUT2D eigenvalue weighted by atomic mass is 9.86. The van der Waals surface area contributed by atoms with Gasteiger partial charge in [0.1, 0.15) is 11.3 Å². The maximum Gasteiger partial charge on any atom is 0.138 e. The molecule has 0 fully saturated rings. The Morgan fingerprint density at radius 1 is 1.17 bits per heavy atom. The largest absolute Gasteiger partial charge is 0.459 e. The second kappa shape index (κ2) is 4.43. The van der Waals surface area contributed by atoms with Crippen LogP contribution < -0.4 is 5.73 Å². The number of fused-ring (bicyclic) bond motifs is 1. The van der Waals surface area contributed by atoms with Crippen LogP contribution in [0.25, 0.3) is 11.0 Å². The van der Waals surface area contributed by atoms with Gasteiger partial charge in [-0.05, 0) is 17.4 Å². The Morgan fingerprint density at radius 2 is 1.83 bits per heavy atom. The minimum Gasteiger partial charge on any atom is -0.459 e. The summed E-state index contributed by atoms with van der Waals surface area (Å²) in [6.45, 7) is 10.8. The molecule has 2 rings (SSSR count). The summed E-state index contributed by atoms with van der Waals surface area (Å²) in [5.74, 6) is 1.26. The van der Waals surface area contributed by atoms with Crippen LogP contribution in [0.2, 0.25) is 0 Å². The number of furan rings is 1. The molecule has 1 unspecified atom stereocenters. The normalized spacial score (nSPS) is 14.4. The monoisotopic (exact) mass is 245 g/mol. The number of hydrogen-bond acceptors (Lipinski definition) is 2. The quantitative estimate of drug-likeness (QED) is 0.852. The van der Waals surface area contributed by atoms with Gasteiger partial charge in [0, 0.05) is 10.9 Å². The summed E-state index contributed by atoms with van der Waals surface area (Å²) in [4.78, 5) is 0. The third-order valence-corrected chi connectivity index (χ3v) is 3.42. The van der Waals surface area contributed by atoms with Crippen LogP contribution in [-0.2, 0) is 5.41 Å². The molecule has 0 amide bonds. The zero-order valence-electron chi connectivity index (χ0n) is 11.9. The van der Waals surface area contributed by atoms with Gasteiger partial charge in [0.25, 0.3) is 0 Å². The van der Waals surface area contributed by atoms with Gasteiger partial charge in [-0.15, -0.1) is 0 Å². The third kappa shape index (κ3) is 2.30. The number of rotatable bonds is 2.